The lowest BCUT2D eigenvalue weighted by Gasteiger charge is -2.24. The van der Waals surface area contributed by atoms with Crippen molar-refractivity contribution >= 4 is 35.0 Å². The molecule has 1 heterocycles. The van der Waals surface area contributed by atoms with E-state index in [0.29, 0.717) is 5.02 Å². The first-order valence-corrected chi connectivity index (χ1v) is 7.78. The molecule has 2 unspecified atom stereocenters. The van der Waals surface area contributed by atoms with Crippen LogP contribution in [0.2, 0.25) is 5.02 Å². The molecule has 0 spiro atoms. The molecular weight excluding hydrogens is 290 g/mol. The first kappa shape index (κ1) is 13.5. The molecule has 2 nitrogen and oxygen atoms in total. The molecule has 20 heavy (non-hydrogen) atoms. The maximum absolute atomic E-state index is 12.5. The number of hydrogen-bond donors (Lipinski definition) is 0. The van der Waals surface area contributed by atoms with Gasteiger partial charge in [-0.25, -0.2) is 0 Å². The van der Waals surface area contributed by atoms with Gasteiger partial charge in [0.15, 0.2) is 0 Å². The van der Waals surface area contributed by atoms with Gasteiger partial charge < -0.3 is 0 Å². The highest BCUT2D eigenvalue weighted by molar-refractivity contribution is 8.01. The van der Waals surface area contributed by atoms with Crippen LogP contribution in [-0.4, -0.2) is 11.2 Å². The summed E-state index contributed by atoms with van der Waals surface area (Å²) in [5.41, 5.74) is 1.90. The summed E-state index contributed by atoms with van der Waals surface area (Å²) in [6.07, 6.45) is 0. The molecule has 3 rings (SSSR count). The lowest BCUT2D eigenvalue weighted by atomic mass is 10.2. The van der Waals surface area contributed by atoms with Crippen molar-refractivity contribution in [2.24, 2.45) is 0 Å². The fraction of sp³-hybridized carbons (Fsp3) is 0.188. The van der Waals surface area contributed by atoms with Crippen LogP contribution in [0.15, 0.2) is 54.6 Å². The largest absolute Gasteiger partial charge is 0.295 e. The van der Waals surface area contributed by atoms with Gasteiger partial charge in [-0.05, 0) is 25.1 Å². The monoisotopic (exact) mass is 303 g/mol. The van der Waals surface area contributed by atoms with Gasteiger partial charge in [0.25, 0.3) is 0 Å². The number of thioether (sulfide) groups is 1. The Morgan fingerprint density at radius 2 is 1.70 bits per heavy atom. The van der Waals surface area contributed by atoms with Crippen LogP contribution < -0.4 is 4.90 Å². The third-order valence-corrected chi connectivity index (χ3v) is 5.04. The lowest BCUT2D eigenvalue weighted by molar-refractivity contribution is -0.117. The van der Waals surface area contributed by atoms with E-state index in [-0.39, 0.29) is 16.5 Å². The van der Waals surface area contributed by atoms with E-state index >= 15 is 0 Å². The summed E-state index contributed by atoms with van der Waals surface area (Å²) >= 11 is 7.94. The van der Waals surface area contributed by atoms with Crippen molar-refractivity contribution in [3.8, 4) is 0 Å². The molecule has 1 aliphatic rings. The summed E-state index contributed by atoms with van der Waals surface area (Å²) in [6.45, 7) is 1.94. The molecule has 102 valence electrons. The van der Waals surface area contributed by atoms with Gasteiger partial charge in [0, 0.05) is 16.3 Å². The summed E-state index contributed by atoms with van der Waals surface area (Å²) in [5, 5.41) is 0.581. The van der Waals surface area contributed by atoms with Crippen molar-refractivity contribution in [1.29, 1.82) is 0 Å². The highest BCUT2D eigenvalue weighted by Gasteiger charge is 2.40. The average Bonchev–Trinajstić information content (AvgIpc) is 2.76. The summed E-state index contributed by atoms with van der Waals surface area (Å²) in [5.74, 6) is 0.131. The molecule has 0 aliphatic carbocycles. The molecule has 1 amide bonds. The number of carbonyl (C=O) groups is 1. The van der Waals surface area contributed by atoms with Gasteiger partial charge >= 0.3 is 0 Å². The lowest BCUT2D eigenvalue weighted by Crippen LogP contribution is -2.30. The van der Waals surface area contributed by atoms with E-state index < -0.39 is 0 Å². The molecule has 1 aliphatic heterocycles. The maximum atomic E-state index is 12.5. The zero-order valence-electron chi connectivity index (χ0n) is 11.0. The predicted molar refractivity (Wildman–Crippen MR) is 85.2 cm³/mol. The Morgan fingerprint density at radius 3 is 2.40 bits per heavy atom. The Kier molecular flexibility index (Phi) is 3.72. The summed E-state index contributed by atoms with van der Waals surface area (Å²) < 4.78 is 0. The Bertz CT molecular complexity index is 631. The topological polar surface area (TPSA) is 20.3 Å². The number of carbonyl (C=O) groups excluding carboxylic acids is 1. The highest BCUT2D eigenvalue weighted by atomic mass is 35.5. The molecule has 4 heteroatoms. The van der Waals surface area contributed by atoms with E-state index in [2.05, 4.69) is 0 Å². The zero-order chi connectivity index (χ0) is 14.1. The molecule has 0 saturated carbocycles. The Labute approximate surface area is 127 Å². The molecule has 2 aromatic rings. The summed E-state index contributed by atoms with van der Waals surface area (Å²) in [4.78, 5) is 14.3. The molecule has 2 atom stereocenters. The smallest absolute Gasteiger partial charge is 0.241 e. The van der Waals surface area contributed by atoms with Crippen LogP contribution in [0.4, 0.5) is 5.69 Å². The van der Waals surface area contributed by atoms with E-state index in [0.717, 1.165) is 11.3 Å². The number of nitrogens with zero attached hydrogens (tertiary/aromatic N) is 1. The minimum Gasteiger partial charge on any atom is -0.295 e. The number of rotatable bonds is 2. The number of halogens is 1. The molecule has 0 N–H and O–H groups in total. The van der Waals surface area contributed by atoms with Crippen LogP contribution in [0.25, 0.3) is 0 Å². The third-order valence-electron chi connectivity index (χ3n) is 3.36. The van der Waals surface area contributed by atoms with Crippen molar-refractivity contribution in [2.75, 3.05) is 4.90 Å². The average molecular weight is 304 g/mol. The second-order valence-corrected chi connectivity index (χ2v) is 6.53. The number of amides is 1. The van der Waals surface area contributed by atoms with Crippen LogP contribution >= 0.6 is 23.4 Å². The summed E-state index contributed by atoms with van der Waals surface area (Å²) in [7, 11) is 0. The normalized spacial score (nSPS) is 22.3. The van der Waals surface area contributed by atoms with Crippen LogP contribution in [0.5, 0.6) is 0 Å². The van der Waals surface area contributed by atoms with E-state index in [4.69, 9.17) is 11.6 Å². The number of benzene rings is 2. The minimum atomic E-state index is -0.0615. The first-order chi connectivity index (χ1) is 9.68. The fourth-order valence-corrected chi connectivity index (χ4v) is 3.98. The molecule has 0 bridgehead atoms. The van der Waals surface area contributed by atoms with Crippen LogP contribution in [0.1, 0.15) is 17.9 Å². The van der Waals surface area contributed by atoms with Gasteiger partial charge in [0.1, 0.15) is 5.37 Å². The molecule has 2 aromatic carbocycles. The molecule has 0 aromatic heterocycles. The quantitative estimate of drug-likeness (QED) is 0.813. The van der Waals surface area contributed by atoms with Gasteiger partial charge in [-0.2, -0.15) is 0 Å². The van der Waals surface area contributed by atoms with E-state index in [1.165, 1.54) is 0 Å². The minimum absolute atomic E-state index is 0.0588. The van der Waals surface area contributed by atoms with E-state index in [1.807, 2.05) is 66.4 Å². The standard InChI is InChI=1S/C16H14ClNOS/c1-11-15(19)18(12-7-3-2-4-8-12)16(20-11)13-9-5-6-10-14(13)17/h2-11,16H,1H3. The van der Waals surface area contributed by atoms with Crippen LogP contribution in [0, 0.1) is 0 Å². The third kappa shape index (κ3) is 2.32. The number of hydrogen-bond acceptors (Lipinski definition) is 2. The number of para-hydroxylation sites is 1. The van der Waals surface area contributed by atoms with Gasteiger partial charge in [0.2, 0.25) is 5.91 Å². The number of anilines is 1. The second-order valence-electron chi connectivity index (χ2n) is 4.70. The van der Waals surface area contributed by atoms with Gasteiger partial charge in [-0.15, -0.1) is 11.8 Å². The highest BCUT2D eigenvalue weighted by Crippen LogP contribution is 2.46. The molecule has 1 saturated heterocycles. The summed E-state index contributed by atoms with van der Waals surface area (Å²) in [6, 6.07) is 17.5. The van der Waals surface area contributed by atoms with Crippen LogP contribution in [-0.2, 0) is 4.79 Å². The van der Waals surface area contributed by atoms with Gasteiger partial charge in [-0.1, -0.05) is 48.0 Å². The van der Waals surface area contributed by atoms with E-state index in [9.17, 15) is 4.79 Å². The van der Waals surface area contributed by atoms with Crippen molar-refractivity contribution in [3.63, 3.8) is 0 Å². The molecule has 1 fully saturated rings. The predicted octanol–water partition coefficient (Wildman–Crippen LogP) is 4.51. The van der Waals surface area contributed by atoms with Crippen molar-refractivity contribution in [2.45, 2.75) is 17.5 Å². The van der Waals surface area contributed by atoms with Crippen LogP contribution in [0.3, 0.4) is 0 Å². The Morgan fingerprint density at radius 1 is 1.05 bits per heavy atom. The second kappa shape index (κ2) is 5.51. The molecule has 0 radical (unpaired) electrons. The Hall–Kier alpha value is -1.45. The van der Waals surface area contributed by atoms with Crippen molar-refractivity contribution < 1.29 is 4.79 Å². The fourth-order valence-electron chi connectivity index (χ4n) is 2.36. The first-order valence-electron chi connectivity index (χ1n) is 6.46. The van der Waals surface area contributed by atoms with Gasteiger partial charge in [0.05, 0.1) is 5.25 Å². The molecular formula is C16H14ClNOS. The van der Waals surface area contributed by atoms with Crippen molar-refractivity contribution in [3.05, 3.63) is 65.2 Å². The maximum Gasteiger partial charge on any atom is 0.241 e. The zero-order valence-corrected chi connectivity index (χ0v) is 12.6. The SMILES string of the molecule is CC1SC(c2ccccc2Cl)N(c2ccccc2)C1=O. The van der Waals surface area contributed by atoms with Crippen molar-refractivity contribution in [1.82, 2.24) is 0 Å². The van der Waals surface area contributed by atoms with E-state index in [1.54, 1.807) is 11.8 Å². The van der Waals surface area contributed by atoms with Gasteiger partial charge in [-0.3, -0.25) is 9.69 Å². The Balaban J connectivity index is 2.06.